The first-order chi connectivity index (χ1) is 19.9. The number of benzene rings is 3. The average Bonchev–Trinajstić information content (AvgIpc) is 3.32. The largest absolute Gasteiger partial charge is 0.507 e. The molecule has 3 aromatic carbocycles. The van der Waals surface area contributed by atoms with Gasteiger partial charge in [-0.3, -0.25) is 4.79 Å². The van der Waals surface area contributed by atoms with Crippen LogP contribution in [0, 0.1) is 0 Å². The molecule has 0 radical (unpaired) electrons. The van der Waals surface area contributed by atoms with Crippen LogP contribution in [0.4, 0.5) is 0 Å². The fraction of sp³-hybridized carbons (Fsp3) is 0.281. The van der Waals surface area contributed by atoms with E-state index >= 15 is 0 Å². The zero-order valence-electron chi connectivity index (χ0n) is 24.0. The van der Waals surface area contributed by atoms with Gasteiger partial charge in [-0.25, -0.2) is 0 Å². The van der Waals surface area contributed by atoms with Gasteiger partial charge < -0.3 is 38.1 Å². The number of phenols is 1. The topological polar surface area (TPSA) is 97.6 Å². The van der Waals surface area contributed by atoms with E-state index in [0.29, 0.717) is 70.7 Å². The van der Waals surface area contributed by atoms with Crippen molar-refractivity contribution in [3.63, 3.8) is 0 Å². The summed E-state index contributed by atoms with van der Waals surface area (Å²) in [4.78, 5) is 12.8. The minimum Gasteiger partial charge on any atom is -0.507 e. The number of nitrogens with zero attached hydrogens (tertiary/aromatic N) is 1. The molecule has 9 heteroatoms. The SMILES string of the molecule is COc1ccc(Cc2c(-c3cc(OC)c(OC)cc3O)c(C=O)n3c2-c2cc(OC)c(OC)cc2CC3)cc1OC. The fourth-order valence-corrected chi connectivity index (χ4v) is 5.67. The number of hydrogen-bond donors (Lipinski definition) is 1. The van der Waals surface area contributed by atoms with E-state index in [4.69, 9.17) is 28.4 Å². The quantitative estimate of drug-likeness (QED) is 0.253. The highest BCUT2D eigenvalue weighted by molar-refractivity contribution is 5.96. The first kappa shape index (κ1) is 27.8. The van der Waals surface area contributed by atoms with Crippen LogP contribution in [0.25, 0.3) is 22.4 Å². The molecular weight excluding hydrogens is 526 g/mol. The Balaban J connectivity index is 1.84. The molecule has 0 atom stereocenters. The van der Waals surface area contributed by atoms with Crippen LogP contribution in [-0.2, 0) is 19.4 Å². The van der Waals surface area contributed by atoms with E-state index < -0.39 is 0 Å². The van der Waals surface area contributed by atoms with E-state index in [9.17, 15) is 9.90 Å². The first-order valence-corrected chi connectivity index (χ1v) is 13.0. The van der Waals surface area contributed by atoms with Crippen LogP contribution in [0.1, 0.15) is 27.2 Å². The molecule has 1 N–H and O–H groups in total. The number of aromatic hydroxyl groups is 1. The second-order valence-electron chi connectivity index (χ2n) is 9.56. The van der Waals surface area contributed by atoms with Crippen molar-refractivity contribution in [2.75, 3.05) is 42.7 Å². The van der Waals surface area contributed by atoms with Crippen molar-refractivity contribution in [3.05, 3.63) is 64.8 Å². The Hall–Kier alpha value is -4.79. The van der Waals surface area contributed by atoms with Crippen molar-refractivity contribution in [2.24, 2.45) is 0 Å². The molecule has 1 aliphatic rings. The average molecular weight is 560 g/mol. The molecule has 0 saturated carbocycles. The molecule has 41 heavy (non-hydrogen) atoms. The van der Waals surface area contributed by atoms with Gasteiger partial charge >= 0.3 is 0 Å². The summed E-state index contributed by atoms with van der Waals surface area (Å²) in [6.45, 7) is 0.568. The van der Waals surface area contributed by atoms with Crippen molar-refractivity contribution in [3.8, 4) is 62.6 Å². The maximum atomic E-state index is 12.8. The normalized spacial score (nSPS) is 11.8. The predicted molar refractivity (Wildman–Crippen MR) is 155 cm³/mol. The number of aldehydes is 1. The fourth-order valence-electron chi connectivity index (χ4n) is 5.67. The van der Waals surface area contributed by atoms with Crippen LogP contribution >= 0.6 is 0 Å². The highest BCUT2D eigenvalue weighted by Crippen LogP contribution is 2.49. The molecule has 0 fully saturated rings. The molecule has 0 spiro atoms. The van der Waals surface area contributed by atoms with Crippen molar-refractivity contribution < 1.29 is 38.3 Å². The van der Waals surface area contributed by atoms with Gasteiger partial charge in [0.2, 0.25) is 0 Å². The molecular formula is C32H33NO8. The van der Waals surface area contributed by atoms with E-state index in [0.717, 1.165) is 34.2 Å². The van der Waals surface area contributed by atoms with Crippen molar-refractivity contribution >= 4 is 6.29 Å². The molecule has 1 aromatic heterocycles. The van der Waals surface area contributed by atoms with Crippen molar-refractivity contribution in [2.45, 2.75) is 19.4 Å². The number of fused-ring (bicyclic) bond motifs is 3. The summed E-state index contributed by atoms with van der Waals surface area (Å²) < 4.78 is 35.2. The van der Waals surface area contributed by atoms with Gasteiger partial charge in [-0.1, -0.05) is 6.07 Å². The van der Waals surface area contributed by atoms with Gasteiger partial charge in [0.25, 0.3) is 0 Å². The van der Waals surface area contributed by atoms with Crippen LogP contribution in [-0.4, -0.2) is 58.6 Å². The number of carbonyl (C=O) groups is 1. The van der Waals surface area contributed by atoms with E-state index in [2.05, 4.69) is 0 Å². The summed E-state index contributed by atoms with van der Waals surface area (Å²) in [5, 5.41) is 11.2. The van der Waals surface area contributed by atoms with Gasteiger partial charge in [-0.05, 0) is 53.4 Å². The number of hydrogen-bond acceptors (Lipinski definition) is 8. The lowest BCUT2D eigenvalue weighted by Gasteiger charge is -2.23. The smallest absolute Gasteiger partial charge is 0.167 e. The van der Waals surface area contributed by atoms with Crippen LogP contribution in [0.5, 0.6) is 40.2 Å². The van der Waals surface area contributed by atoms with Gasteiger partial charge in [-0.15, -0.1) is 0 Å². The zero-order valence-corrected chi connectivity index (χ0v) is 24.0. The van der Waals surface area contributed by atoms with E-state index in [-0.39, 0.29) is 5.75 Å². The number of rotatable bonds is 10. The number of ether oxygens (including phenoxy) is 6. The minimum atomic E-state index is -0.0326. The molecule has 2 heterocycles. The minimum absolute atomic E-state index is 0.0326. The first-order valence-electron chi connectivity index (χ1n) is 13.0. The maximum absolute atomic E-state index is 12.8. The highest BCUT2D eigenvalue weighted by Gasteiger charge is 2.31. The highest BCUT2D eigenvalue weighted by atomic mass is 16.5. The molecule has 0 unspecified atom stereocenters. The summed E-state index contributed by atoms with van der Waals surface area (Å²) in [7, 11) is 9.43. The monoisotopic (exact) mass is 559 g/mol. The Morgan fingerprint density at radius 1 is 0.732 bits per heavy atom. The molecule has 5 rings (SSSR count). The number of phenolic OH excluding ortho intramolecular Hbond substituents is 1. The summed E-state index contributed by atoms with van der Waals surface area (Å²) in [6, 6.07) is 12.9. The standard InChI is InChI=1S/C32H33NO8/c1-36-25-8-7-18(12-26(25)37-2)11-22-31(21-15-29(40-5)30(41-6)16-24(21)35)23(17-34)33-10-9-19-13-27(38-3)28(39-4)14-20(19)32(22)33/h7-8,12-17,35H,9-11H2,1-6H3. The van der Waals surface area contributed by atoms with Crippen LogP contribution in [0.2, 0.25) is 0 Å². The van der Waals surface area contributed by atoms with E-state index in [1.165, 1.54) is 20.3 Å². The Morgan fingerprint density at radius 2 is 1.29 bits per heavy atom. The van der Waals surface area contributed by atoms with Crippen molar-refractivity contribution in [1.82, 2.24) is 4.57 Å². The number of methoxy groups -OCH3 is 6. The summed E-state index contributed by atoms with van der Waals surface area (Å²) >= 11 is 0. The van der Waals surface area contributed by atoms with Crippen LogP contribution in [0.15, 0.2) is 42.5 Å². The van der Waals surface area contributed by atoms with Gasteiger partial charge in [0.05, 0.1) is 54.0 Å². The summed E-state index contributed by atoms with van der Waals surface area (Å²) in [5.74, 6) is 3.22. The Morgan fingerprint density at radius 3 is 1.90 bits per heavy atom. The molecule has 4 aromatic rings. The van der Waals surface area contributed by atoms with Gasteiger partial charge in [0.15, 0.2) is 40.8 Å². The lowest BCUT2D eigenvalue weighted by molar-refractivity contribution is 0.111. The molecule has 0 aliphatic carbocycles. The maximum Gasteiger partial charge on any atom is 0.167 e. The van der Waals surface area contributed by atoms with Crippen molar-refractivity contribution in [1.29, 1.82) is 0 Å². The third-order valence-electron chi connectivity index (χ3n) is 7.59. The van der Waals surface area contributed by atoms with Crippen LogP contribution in [0.3, 0.4) is 0 Å². The Bertz CT molecular complexity index is 1620. The van der Waals surface area contributed by atoms with E-state index in [1.807, 2.05) is 34.9 Å². The molecule has 0 saturated heterocycles. The van der Waals surface area contributed by atoms with Gasteiger partial charge in [0.1, 0.15) is 5.75 Å². The molecule has 1 aliphatic heterocycles. The van der Waals surface area contributed by atoms with E-state index in [1.54, 1.807) is 34.5 Å². The second-order valence-corrected chi connectivity index (χ2v) is 9.56. The van der Waals surface area contributed by atoms with Gasteiger partial charge in [0, 0.05) is 35.7 Å². The summed E-state index contributed by atoms with van der Waals surface area (Å²) in [5.41, 5.74) is 6.19. The molecule has 0 bridgehead atoms. The Labute approximate surface area is 238 Å². The lowest BCUT2D eigenvalue weighted by atomic mass is 9.90. The molecule has 9 nitrogen and oxygen atoms in total. The molecule has 0 amide bonds. The number of aryl methyl sites for hydroxylation is 1. The Kier molecular flexibility index (Phi) is 7.70. The number of aromatic nitrogens is 1. The predicted octanol–water partition coefficient (Wildman–Crippen LogP) is 5.54. The zero-order chi connectivity index (χ0) is 29.3. The second kappa shape index (κ2) is 11.4. The third-order valence-corrected chi connectivity index (χ3v) is 7.59. The lowest BCUT2D eigenvalue weighted by Crippen LogP contribution is -2.14. The molecule has 214 valence electrons. The van der Waals surface area contributed by atoms with Crippen LogP contribution < -0.4 is 28.4 Å². The third kappa shape index (κ3) is 4.67. The van der Waals surface area contributed by atoms with Gasteiger partial charge in [-0.2, -0.15) is 0 Å². The summed E-state index contributed by atoms with van der Waals surface area (Å²) in [6.07, 6.45) is 1.96. The number of carbonyl (C=O) groups excluding carboxylic acids is 1.